The van der Waals surface area contributed by atoms with Gasteiger partial charge in [0.15, 0.2) is 0 Å². The number of aromatic nitrogens is 2. The lowest BCUT2D eigenvalue weighted by atomic mass is 9.80. The van der Waals surface area contributed by atoms with Crippen LogP contribution in [-0.2, 0) is 23.1 Å². The third-order valence-electron chi connectivity index (χ3n) is 9.38. The average molecular weight is 628 g/mol. The molecule has 3 aromatic rings. The number of aryl methyl sites for hydroxylation is 1. The van der Waals surface area contributed by atoms with Gasteiger partial charge in [0.1, 0.15) is 23.1 Å². The van der Waals surface area contributed by atoms with Crippen LogP contribution in [0, 0.1) is 0 Å². The molecule has 0 radical (unpaired) electrons. The van der Waals surface area contributed by atoms with E-state index >= 15 is 0 Å². The normalized spacial score (nSPS) is 18.9. The minimum absolute atomic E-state index is 0.323. The molecule has 0 aliphatic carbocycles. The van der Waals surface area contributed by atoms with E-state index in [1.807, 2.05) is 18.5 Å². The van der Waals surface area contributed by atoms with Gasteiger partial charge in [-0.15, -0.1) is 0 Å². The van der Waals surface area contributed by atoms with E-state index in [0.29, 0.717) is 12.1 Å². The lowest BCUT2D eigenvalue weighted by Gasteiger charge is -2.47. The number of fused-ring (bicyclic) bond motifs is 4. The third-order valence-corrected chi connectivity index (χ3v) is 10.1. The first-order chi connectivity index (χ1) is 21.3. The second-order valence-electron chi connectivity index (χ2n) is 13.8. The molecule has 0 bridgehead atoms. The van der Waals surface area contributed by atoms with Crippen LogP contribution in [0.3, 0.4) is 0 Å². The fourth-order valence-electron chi connectivity index (χ4n) is 7.65. The van der Waals surface area contributed by atoms with E-state index in [0.717, 1.165) is 106 Å². The first kappa shape index (κ1) is 30.0. The van der Waals surface area contributed by atoms with Crippen LogP contribution in [0.4, 0.5) is 5.69 Å². The summed E-state index contributed by atoms with van der Waals surface area (Å²) in [4.78, 5) is 12.3. The van der Waals surface area contributed by atoms with Crippen molar-refractivity contribution in [3.63, 3.8) is 0 Å². The molecule has 0 spiro atoms. The molecule has 0 saturated heterocycles. The Labute approximate surface area is 264 Å². The maximum Gasteiger partial charge on any atom is 0.269 e. The number of rotatable bonds is 7. The molecule has 5 heterocycles. The Kier molecular flexibility index (Phi) is 6.92. The quantitative estimate of drug-likeness (QED) is 0.227. The molecule has 10 heteroatoms. The number of ether oxygens (including phenoxy) is 1. The van der Waals surface area contributed by atoms with Gasteiger partial charge in [-0.2, -0.15) is 8.42 Å². The van der Waals surface area contributed by atoms with E-state index in [1.165, 1.54) is 0 Å². The second-order valence-corrected chi connectivity index (χ2v) is 15.3. The topological polar surface area (TPSA) is 123 Å². The molecule has 2 aromatic carbocycles. The van der Waals surface area contributed by atoms with E-state index in [-0.39, 0.29) is 5.54 Å². The Bertz CT molecular complexity index is 2050. The van der Waals surface area contributed by atoms with Gasteiger partial charge < -0.3 is 19.9 Å². The molecule has 7 rings (SSSR count). The molecule has 4 aliphatic heterocycles. The number of allylic oxidation sites excluding steroid dienone is 1. The number of hydrogen-bond donors (Lipinski definition) is 2. The fraction of sp³-hybridized carbons (Fsp3) is 0.429. The number of imidazole rings is 1. The van der Waals surface area contributed by atoms with Crippen molar-refractivity contribution in [3.05, 3.63) is 81.4 Å². The van der Waals surface area contributed by atoms with Crippen LogP contribution in [0.15, 0.2) is 47.7 Å². The minimum Gasteiger partial charge on any atom is -0.456 e. The average Bonchev–Trinajstić information content (AvgIpc) is 3.40. The SMILES string of the molecule is CC1=CC(C)(C)N=c2cc3c(cc21)=C(c1nccn1CCCCN)c1cc2c4c(c1O3)CCCN4C(C)(C)C=C2CS(=O)(=O)O. The zero-order valence-electron chi connectivity index (χ0n) is 26.6. The van der Waals surface area contributed by atoms with E-state index in [9.17, 15) is 13.0 Å². The predicted molar refractivity (Wildman–Crippen MR) is 178 cm³/mol. The molecule has 236 valence electrons. The third kappa shape index (κ3) is 5.13. The Morgan fingerprint density at radius 3 is 2.62 bits per heavy atom. The van der Waals surface area contributed by atoms with Gasteiger partial charge in [-0.25, -0.2) is 4.98 Å². The van der Waals surface area contributed by atoms with E-state index in [4.69, 9.17) is 20.4 Å². The number of nitrogens with zero attached hydrogens (tertiary/aromatic N) is 4. The Hall–Kier alpha value is -3.73. The van der Waals surface area contributed by atoms with Crippen molar-refractivity contribution in [3.8, 4) is 11.5 Å². The molecule has 4 aliphatic rings. The van der Waals surface area contributed by atoms with Gasteiger partial charge in [-0.3, -0.25) is 9.55 Å². The molecule has 0 atom stereocenters. The summed E-state index contributed by atoms with van der Waals surface area (Å²) in [5.41, 5.74) is 12.5. The van der Waals surface area contributed by atoms with Crippen LogP contribution >= 0.6 is 0 Å². The zero-order valence-corrected chi connectivity index (χ0v) is 27.5. The van der Waals surface area contributed by atoms with Crippen molar-refractivity contribution < 1.29 is 17.7 Å². The molecule has 1 aromatic heterocycles. The Morgan fingerprint density at radius 1 is 1.07 bits per heavy atom. The summed E-state index contributed by atoms with van der Waals surface area (Å²) in [7, 11) is -4.28. The first-order valence-corrected chi connectivity index (χ1v) is 17.4. The summed E-state index contributed by atoms with van der Waals surface area (Å²) in [6.07, 6.45) is 11.6. The maximum atomic E-state index is 12.3. The highest BCUT2D eigenvalue weighted by atomic mass is 32.2. The lowest BCUT2D eigenvalue weighted by molar-refractivity contribution is 0.454. The van der Waals surface area contributed by atoms with Crippen molar-refractivity contribution >= 4 is 32.5 Å². The molecule has 0 fully saturated rings. The van der Waals surface area contributed by atoms with Gasteiger partial charge in [0.2, 0.25) is 0 Å². The maximum absolute atomic E-state index is 12.3. The summed E-state index contributed by atoms with van der Waals surface area (Å²) in [6, 6.07) is 6.29. The zero-order chi connectivity index (χ0) is 31.9. The first-order valence-electron chi connectivity index (χ1n) is 15.8. The molecular weight excluding hydrogens is 586 g/mol. The van der Waals surface area contributed by atoms with Gasteiger partial charge in [-0.05, 0) is 90.1 Å². The summed E-state index contributed by atoms with van der Waals surface area (Å²) in [5.74, 6) is 1.89. The molecule has 3 N–H and O–H groups in total. The number of nitrogens with two attached hydrogens (primary N) is 1. The largest absolute Gasteiger partial charge is 0.456 e. The smallest absolute Gasteiger partial charge is 0.269 e. The number of anilines is 1. The molecule has 0 unspecified atom stereocenters. The van der Waals surface area contributed by atoms with Crippen molar-refractivity contribution in [2.45, 2.75) is 77.9 Å². The monoisotopic (exact) mass is 627 g/mol. The van der Waals surface area contributed by atoms with Crippen molar-refractivity contribution in [2.75, 3.05) is 23.7 Å². The summed E-state index contributed by atoms with van der Waals surface area (Å²) < 4.78 is 43.7. The summed E-state index contributed by atoms with van der Waals surface area (Å²) in [6.45, 7) is 12.7. The van der Waals surface area contributed by atoms with Crippen LogP contribution in [0.1, 0.15) is 82.0 Å². The molecule has 9 nitrogen and oxygen atoms in total. The summed E-state index contributed by atoms with van der Waals surface area (Å²) in [5, 5.41) is 1.83. The fourth-order valence-corrected chi connectivity index (χ4v) is 8.28. The highest BCUT2D eigenvalue weighted by Gasteiger charge is 2.40. The molecule has 0 saturated carbocycles. The standard InChI is InChI=1S/C35H41N5O4S/c1-21-18-34(2,3)38-28-17-29-26(15-24(21)28)30(33-37-11-14-39(33)12-7-6-10-36)27-16-25-22(20-45(41,42)43)19-35(4,5)40-13-8-9-23(31(25)40)32(27)44-29/h11,14-19H,6-10,12-13,20,36H2,1-5H3,(H,41,42,43). The predicted octanol–water partition coefficient (Wildman–Crippen LogP) is 4.61. The minimum atomic E-state index is -4.28. The molecule has 0 amide bonds. The number of unbranched alkanes of at least 4 members (excludes halogenated alkanes) is 1. The van der Waals surface area contributed by atoms with Crippen LogP contribution in [-0.4, -0.2) is 52.4 Å². The Balaban J connectivity index is 1.57. The van der Waals surface area contributed by atoms with E-state index in [2.05, 4.69) is 68.4 Å². The Morgan fingerprint density at radius 2 is 1.87 bits per heavy atom. The van der Waals surface area contributed by atoms with Crippen molar-refractivity contribution in [1.29, 1.82) is 0 Å². The van der Waals surface area contributed by atoms with Gasteiger partial charge >= 0.3 is 0 Å². The van der Waals surface area contributed by atoms with Crippen LogP contribution in [0.25, 0.3) is 16.7 Å². The highest BCUT2D eigenvalue weighted by molar-refractivity contribution is 7.86. The lowest BCUT2D eigenvalue weighted by Crippen LogP contribution is -2.48. The van der Waals surface area contributed by atoms with Gasteiger partial charge in [0.05, 0.1) is 22.1 Å². The van der Waals surface area contributed by atoms with Crippen LogP contribution in [0.5, 0.6) is 11.5 Å². The second kappa shape index (κ2) is 10.4. The molecule has 45 heavy (non-hydrogen) atoms. The summed E-state index contributed by atoms with van der Waals surface area (Å²) >= 11 is 0. The van der Waals surface area contributed by atoms with Crippen molar-refractivity contribution in [2.24, 2.45) is 10.7 Å². The van der Waals surface area contributed by atoms with Crippen molar-refractivity contribution in [1.82, 2.24) is 9.55 Å². The van der Waals surface area contributed by atoms with Gasteiger partial charge in [0, 0.05) is 64.6 Å². The van der Waals surface area contributed by atoms with Gasteiger partial charge in [-0.1, -0.05) is 12.2 Å². The van der Waals surface area contributed by atoms with E-state index < -0.39 is 21.4 Å². The number of benzene rings is 2. The molecular formula is C35H41N5O4S. The highest BCUT2D eigenvalue weighted by Crippen LogP contribution is 2.51. The van der Waals surface area contributed by atoms with Gasteiger partial charge in [0.25, 0.3) is 10.1 Å². The van der Waals surface area contributed by atoms with E-state index in [1.54, 1.807) is 0 Å². The van der Waals surface area contributed by atoms with Crippen LogP contribution in [0.2, 0.25) is 0 Å². The number of hydrogen-bond acceptors (Lipinski definition) is 7. The van der Waals surface area contributed by atoms with Crippen LogP contribution < -0.4 is 25.9 Å².